The second-order valence-electron chi connectivity index (χ2n) is 6.10. The molecule has 3 rings (SSSR count). The predicted octanol–water partition coefficient (Wildman–Crippen LogP) is 5.43. The molecule has 0 aliphatic rings. The van der Waals surface area contributed by atoms with E-state index in [-0.39, 0.29) is 11.5 Å². The van der Waals surface area contributed by atoms with Crippen LogP contribution >= 0.6 is 24.4 Å². The van der Waals surface area contributed by atoms with E-state index in [0.717, 1.165) is 16.4 Å². The van der Waals surface area contributed by atoms with Gasteiger partial charge in [0.25, 0.3) is 10.1 Å². The molecule has 0 unspecified atom stereocenters. The van der Waals surface area contributed by atoms with Crippen LogP contribution in [0.1, 0.15) is 0 Å². The molecule has 0 heterocycles. The number of rotatable bonds is 7. The summed E-state index contributed by atoms with van der Waals surface area (Å²) in [7, 11) is -0.362. The van der Waals surface area contributed by atoms with Crippen LogP contribution < -0.4 is 9.47 Å². The van der Waals surface area contributed by atoms with Crippen molar-refractivity contribution in [2.45, 2.75) is 14.7 Å². The number of ether oxygens (including phenoxy) is 2. The van der Waals surface area contributed by atoms with Crippen molar-refractivity contribution in [3.05, 3.63) is 78.9 Å². The first-order valence-corrected chi connectivity index (χ1v) is 12.6. The Morgan fingerprint density at radius 1 is 0.824 bits per heavy atom. The molecule has 0 atom stereocenters. The minimum atomic E-state index is -3.66. The smallest absolute Gasteiger partial charge is 0.297 e. The summed E-state index contributed by atoms with van der Waals surface area (Å²) in [5, 5.41) is 0. The van der Waals surface area contributed by atoms with Crippen molar-refractivity contribution >= 4 is 34.5 Å². The van der Waals surface area contributed by atoms with E-state index < -0.39 is 10.1 Å². The van der Waals surface area contributed by atoms with Gasteiger partial charge in [-0.05, 0) is 60.7 Å². The molecule has 5 nitrogen and oxygen atoms in total. The summed E-state index contributed by atoms with van der Waals surface area (Å²) in [5.41, 5.74) is 0. The van der Waals surface area contributed by atoms with E-state index in [2.05, 4.69) is 28.7 Å². The maximum absolute atomic E-state index is 11.3. The Labute approximate surface area is 212 Å². The number of hydrogen-bond acceptors (Lipinski definition) is 7. The molecule has 34 heavy (non-hydrogen) atoms. The molecule has 0 spiro atoms. The third-order valence-electron chi connectivity index (χ3n) is 3.78. The fraction of sp³-hybridized carbons (Fsp3) is 0.154. The first kappa shape index (κ1) is 29.0. The first-order chi connectivity index (χ1) is 16.4. The summed E-state index contributed by atoms with van der Waals surface area (Å²) < 4.78 is 37.0. The van der Waals surface area contributed by atoms with Crippen molar-refractivity contribution in [2.24, 2.45) is 0 Å². The molecule has 0 amide bonds. The van der Waals surface area contributed by atoms with Gasteiger partial charge in [-0.3, -0.25) is 4.18 Å². The van der Waals surface area contributed by atoms with Crippen molar-refractivity contribution in [3.8, 4) is 36.2 Å². The molecule has 8 heteroatoms. The van der Waals surface area contributed by atoms with E-state index in [9.17, 15) is 8.42 Å². The molecule has 0 saturated heterocycles. The van der Waals surface area contributed by atoms with E-state index in [1.807, 2.05) is 48.5 Å². The lowest BCUT2D eigenvalue weighted by Crippen LogP contribution is -2.06. The van der Waals surface area contributed by atoms with E-state index in [1.165, 1.54) is 17.0 Å². The van der Waals surface area contributed by atoms with Crippen molar-refractivity contribution in [3.63, 3.8) is 0 Å². The maximum Gasteiger partial charge on any atom is 0.297 e. The van der Waals surface area contributed by atoms with Crippen LogP contribution in [0.25, 0.3) is 0 Å². The van der Waals surface area contributed by atoms with Gasteiger partial charge in [0.15, 0.2) is 0 Å². The van der Waals surface area contributed by atoms with E-state index in [0.29, 0.717) is 5.75 Å². The van der Waals surface area contributed by atoms with Gasteiger partial charge in [0.1, 0.15) is 18.1 Å². The Hall–Kier alpha value is -3.01. The summed E-state index contributed by atoms with van der Waals surface area (Å²) in [6.07, 6.45) is 10.0. The molecule has 3 aromatic carbocycles. The zero-order valence-electron chi connectivity index (χ0n) is 18.9. The zero-order chi connectivity index (χ0) is 25.2. The van der Waals surface area contributed by atoms with Crippen LogP contribution in [0.3, 0.4) is 0 Å². The molecule has 0 bridgehead atoms. The summed E-state index contributed by atoms with van der Waals surface area (Å²) in [6, 6.07) is 23.3. The highest BCUT2D eigenvalue weighted by molar-refractivity contribution is 7.99. The highest BCUT2D eigenvalue weighted by Gasteiger charge is 2.12. The largest absolute Gasteiger partial charge is 0.497 e. The van der Waals surface area contributed by atoms with Gasteiger partial charge in [-0.15, -0.1) is 37.2 Å². The predicted molar refractivity (Wildman–Crippen MR) is 141 cm³/mol. The minimum Gasteiger partial charge on any atom is -0.497 e. The van der Waals surface area contributed by atoms with Crippen molar-refractivity contribution in [2.75, 3.05) is 26.6 Å². The van der Waals surface area contributed by atoms with Gasteiger partial charge in [0.05, 0.1) is 24.9 Å². The highest BCUT2D eigenvalue weighted by atomic mass is 32.2. The number of benzene rings is 3. The monoisotopic (exact) mass is 514 g/mol. The summed E-state index contributed by atoms with van der Waals surface area (Å²) in [5.74, 6) is 7.13. The second-order valence-corrected chi connectivity index (χ2v) is 9.28. The van der Waals surface area contributed by atoms with Crippen LogP contribution in [0.5, 0.6) is 11.5 Å². The van der Waals surface area contributed by atoms with Gasteiger partial charge in [-0.25, -0.2) is 0 Å². The fourth-order valence-electron chi connectivity index (χ4n) is 2.15. The van der Waals surface area contributed by atoms with E-state index >= 15 is 0 Å². The second kappa shape index (κ2) is 16.6. The van der Waals surface area contributed by atoms with Crippen LogP contribution in [0.15, 0.2) is 93.5 Å². The van der Waals surface area contributed by atoms with Crippen LogP contribution in [-0.4, -0.2) is 35.0 Å². The molecule has 0 saturated carbocycles. The average molecular weight is 515 g/mol. The van der Waals surface area contributed by atoms with Crippen LogP contribution in [0, 0.1) is 24.7 Å². The summed E-state index contributed by atoms with van der Waals surface area (Å²) in [6.45, 7) is -0.239. The lowest BCUT2D eigenvalue weighted by molar-refractivity contribution is 0.363. The van der Waals surface area contributed by atoms with Gasteiger partial charge in [0.2, 0.25) is 0 Å². The van der Waals surface area contributed by atoms with Crippen LogP contribution in [0.2, 0.25) is 0 Å². The molecular formula is C26H26O5S3. The Kier molecular flexibility index (Phi) is 14.2. The maximum atomic E-state index is 11.3. The van der Waals surface area contributed by atoms with Gasteiger partial charge in [-0.2, -0.15) is 8.42 Å². The fourth-order valence-corrected chi connectivity index (χ4v) is 3.72. The Morgan fingerprint density at radius 2 is 1.35 bits per heavy atom. The van der Waals surface area contributed by atoms with E-state index in [4.69, 9.17) is 22.3 Å². The Morgan fingerprint density at radius 3 is 1.82 bits per heavy atom. The third-order valence-corrected chi connectivity index (χ3v) is 6.28. The molecule has 0 N–H and O–H groups in total. The average Bonchev–Trinajstić information content (AvgIpc) is 2.88. The molecule has 0 aliphatic heterocycles. The standard InChI is InChI=1S/C10H10OS.C9H8O3S.C7H8OS/c1-3-8-12-10-6-4-9(11-2)5-7-10;1-2-8-12-13(10,11)9-6-4-3-5-7-9;1-8-6-2-4-7(9)5-3-6/h1,4-7H,8H2,2H3;1,3-7H,8H2;2-5,9H,1H3. The first-order valence-electron chi connectivity index (χ1n) is 9.77. The number of hydrogen-bond donors (Lipinski definition) is 1. The number of terminal acetylenes is 2. The molecule has 178 valence electrons. The van der Waals surface area contributed by atoms with Gasteiger partial charge < -0.3 is 9.47 Å². The SMILES string of the molecule is C#CCOS(=O)(=O)c1ccccc1.C#CCSc1ccc(OC)cc1.COc1ccc(S)cc1. The minimum absolute atomic E-state index is 0.116. The van der Waals surface area contributed by atoms with Crippen molar-refractivity contribution in [1.29, 1.82) is 0 Å². The lowest BCUT2D eigenvalue weighted by Gasteiger charge is -2.00. The quantitative estimate of drug-likeness (QED) is 0.196. The molecule has 0 aliphatic carbocycles. The van der Waals surface area contributed by atoms with Crippen molar-refractivity contribution < 1.29 is 22.1 Å². The third kappa shape index (κ3) is 11.7. The number of thioether (sulfide) groups is 1. The summed E-state index contributed by atoms with van der Waals surface area (Å²) in [4.78, 5) is 2.25. The number of thiol groups is 1. The molecule has 0 fully saturated rings. The lowest BCUT2D eigenvalue weighted by atomic mass is 10.3. The van der Waals surface area contributed by atoms with Gasteiger partial charge in [-0.1, -0.05) is 30.0 Å². The van der Waals surface area contributed by atoms with Gasteiger partial charge >= 0.3 is 0 Å². The molecule has 0 aromatic heterocycles. The molecule has 3 aromatic rings. The van der Waals surface area contributed by atoms with Crippen LogP contribution in [0.4, 0.5) is 0 Å². The molecular weight excluding hydrogens is 488 g/mol. The Balaban J connectivity index is 0.000000259. The van der Waals surface area contributed by atoms with Crippen LogP contribution in [-0.2, 0) is 14.3 Å². The van der Waals surface area contributed by atoms with Crippen molar-refractivity contribution in [1.82, 2.24) is 0 Å². The van der Waals surface area contributed by atoms with Gasteiger partial charge in [0, 0.05) is 9.79 Å². The van der Waals surface area contributed by atoms with E-state index in [1.54, 1.807) is 44.2 Å². The normalized spacial score (nSPS) is 9.68. The highest BCUT2D eigenvalue weighted by Crippen LogP contribution is 2.20. The summed E-state index contributed by atoms with van der Waals surface area (Å²) >= 11 is 5.76. The topological polar surface area (TPSA) is 61.8 Å². The zero-order valence-corrected chi connectivity index (χ0v) is 21.4. The Bertz CT molecular complexity index is 1150. The number of methoxy groups -OCH3 is 2. The molecule has 0 radical (unpaired) electrons.